The maximum absolute atomic E-state index is 10.6. The molecule has 1 heterocycles. The van der Waals surface area contributed by atoms with Crippen molar-refractivity contribution in [3.05, 3.63) is 32.6 Å². The molecule has 0 spiro atoms. The quantitative estimate of drug-likeness (QED) is 0.580. The lowest BCUT2D eigenvalue weighted by Gasteiger charge is -1.88. The van der Waals surface area contributed by atoms with E-state index in [0.29, 0.717) is 0 Å². The van der Waals surface area contributed by atoms with Crippen LogP contribution in [-0.2, 0) is 6.42 Å². The molecule has 0 aliphatic carbocycles. The van der Waals surface area contributed by atoms with Crippen LogP contribution in [0.3, 0.4) is 0 Å². The van der Waals surface area contributed by atoms with Gasteiger partial charge in [-0.2, -0.15) is 0 Å². The second-order valence-electron chi connectivity index (χ2n) is 1.82. The summed E-state index contributed by atoms with van der Waals surface area (Å²) in [6, 6.07) is 3.49. The Kier molecular flexibility index (Phi) is 2.01. The first-order valence-corrected chi connectivity index (χ1v) is 3.78. The van der Waals surface area contributed by atoms with Crippen LogP contribution in [0.1, 0.15) is 12.5 Å². The minimum Gasteiger partial charge on any atom is -0.278 e. The van der Waals surface area contributed by atoms with Gasteiger partial charge in [-0.25, -0.2) is 0 Å². The molecule has 9 heavy (non-hydrogen) atoms. The normalized spacial score (nSPS) is 9.44. The molecule has 0 bridgehead atoms. The molecular formula is C7H8OS. The van der Waals surface area contributed by atoms with E-state index < -0.39 is 0 Å². The Hall–Kier alpha value is -0.630. The number of hydrogen-bond acceptors (Lipinski definition) is 2. The van der Waals surface area contributed by atoms with Crippen LogP contribution in [0.5, 0.6) is 0 Å². The van der Waals surface area contributed by atoms with Crippen LogP contribution in [0, 0.1) is 0 Å². The Morgan fingerprint density at radius 3 is 2.78 bits per heavy atom. The molecule has 0 saturated carbocycles. The van der Waals surface area contributed by atoms with Crippen molar-refractivity contribution in [1.29, 1.82) is 0 Å². The van der Waals surface area contributed by atoms with Crippen molar-refractivity contribution in [3.63, 3.8) is 0 Å². The molecule has 0 aliphatic heterocycles. The second kappa shape index (κ2) is 2.78. The monoisotopic (exact) mass is 140 g/mol. The van der Waals surface area contributed by atoms with Crippen molar-refractivity contribution in [2.24, 2.45) is 0 Å². The fourth-order valence-electron chi connectivity index (χ4n) is 0.589. The average Bonchev–Trinajstić information content (AvgIpc) is 1.90. The van der Waals surface area contributed by atoms with Crippen LogP contribution in [-0.4, -0.2) is 0 Å². The lowest BCUT2D eigenvalue weighted by Crippen LogP contribution is -1.89. The highest BCUT2D eigenvalue weighted by atomic mass is 32.1. The van der Waals surface area contributed by atoms with Gasteiger partial charge in [-0.1, -0.05) is 13.0 Å². The van der Waals surface area contributed by atoms with Gasteiger partial charge >= 0.3 is 0 Å². The highest BCUT2D eigenvalue weighted by Gasteiger charge is 1.85. The van der Waals surface area contributed by atoms with E-state index in [-0.39, 0.29) is 4.74 Å². The summed E-state index contributed by atoms with van der Waals surface area (Å²) >= 11 is 1.26. The van der Waals surface area contributed by atoms with E-state index in [4.69, 9.17) is 0 Å². The molecule has 2 heteroatoms. The standard InChI is InChI=1S/C7H8OS/c1-2-6-3-4-7(8)9-5-6/h3-5H,2H2,1H3. The van der Waals surface area contributed by atoms with Gasteiger partial charge in [0.25, 0.3) is 0 Å². The van der Waals surface area contributed by atoms with E-state index in [1.807, 2.05) is 11.4 Å². The Morgan fingerprint density at radius 2 is 2.33 bits per heavy atom. The molecule has 0 fully saturated rings. The number of aryl methyl sites for hydroxylation is 1. The molecule has 1 rings (SSSR count). The summed E-state index contributed by atoms with van der Waals surface area (Å²) in [4.78, 5) is 10.6. The van der Waals surface area contributed by atoms with Crippen molar-refractivity contribution in [2.75, 3.05) is 0 Å². The van der Waals surface area contributed by atoms with Gasteiger partial charge in [-0.15, -0.1) is 11.3 Å². The Labute approximate surface area is 58.0 Å². The van der Waals surface area contributed by atoms with Crippen molar-refractivity contribution < 1.29 is 0 Å². The minimum atomic E-state index is 0.132. The maximum atomic E-state index is 10.6. The van der Waals surface area contributed by atoms with Gasteiger partial charge in [0.1, 0.15) is 0 Å². The lowest BCUT2D eigenvalue weighted by atomic mass is 10.3. The average molecular weight is 140 g/mol. The summed E-state index contributed by atoms with van der Waals surface area (Å²) in [5, 5.41) is 1.91. The fourth-order valence-corrected chi connectivity index (χ4v) is 1.25. The van der Waals surface area contributed by atoms with Crippen LogP contribution in [0.2, 0.25) is 0 Å². The summed E-state index contributed by atoms with van der Waals surface area (Å²) in [7, 11) is 0. The van der Waals surface area contributed by atoms with Crippen LogP contribution in [0.25, 0.3) is 0 Å². The van der Waals surface area contributed by atoms with Crippen LogP contribution < -0.4 is 4.74 Å². The molecule has 1 aromatic heterocycles. The van der Waals surface area contributed by atoms with E-state index in [9.17, 15) is 4.79 Å². The van der Waals surface area contributed by atoms with Crippen LogP contribution >= 0.6 is 11.3 Å². The van der Waals surface area contributed by atoms with E-state index in [1.54, 1.807) is 6.07 Å². The summed E-state index contributed by atoms with van der Waals surface area (Å²) in [5.41, 5.74) is 1.24. The molecule has 0 aliphatic rings. The third-order valence-electron chi connectivity index (χ3n) is 1.17. The zero-order chi connectivity index (χ0) is 6.69. The Morgan fingerprint density at radius 1 is 1.56 bits per heavy atom. The zero-order valence-corrected chi connectivity index (χ0v) is 6.07. The molecule has 1 nitrogen and oxygen atoms in total. The number of rotatable bonds is 1. The van der Waals surface area contributed by atoms with Gasteiger partial charge in [-0.05, 0) is 23.4 Å². The third kappa shape index (κ3) is 1.64. The predicted octanol–water partition coefficient (Wildman–Crippen LogP) is 1.67. The summed E-state index contributed by atoms with van der Waals surface area (Å²) in [6.45, 7) is 2.08. The van der Waals surface area contributed by atoms with Gasteiger partial charge in [0, 0.05) is 0 Å². The van der Waals surface area contributed by atoms with Gasteiger partial charge in [-0.3, -0.25) is 4.79 Å². The largest absolute Gasteiger partial charge is 0.278 e. The lowest BCUT2D eigenvalue weighted by molar-refractivity contribution is 1.15. The maximum Gasteiger partial charge on any atom is 0.232 e. The molecule has 0 saturated heterocycles. The van der Waals surface area contributed by atoms with Crippen molar-refractivity contribution in [3.8, 4) is 0 Å². The Bertz CT molecular complexity index is 218. The zero-order valence-electron chi connectivity index (χ0n) is 5.26. The molecule has 0 radical (unpaired) electrons. The SMILES string of the molecule is CCc1ccc(=O)sc1. The summed E-state index contributed by atoms with van der Waals surface area (Å²) in [6.07, 6.45) is 1.01. The van der Waals surface area contributed by atoms with Gasteiger partial charge in [0.15, 0.2) is 0 Å². The first-order chi connectivity index (χ1) is 4.33. The number of hydrogen-bond donors (Lipinski definition) is 0. The van der Waals surface area contributed by atoms with E-state index in [1.165, 1.54) is 16.9 Å². The smallest absolute Gasteiger partial charge is 0.232 e. The Balaban J connectivity index is 3.02. The molecular weight excluding hydrogens is 132 g/mol. The predicted molar refractivity (Wildman–Crippen MR) is 40.0 cm³/mol. The first kappa shape index (κ1) is 6.49. The molecule has 0 amide bonds. The van der Waals surface area contributed by atoms with E-state index in [2.05, 4.69) is 6.92 Å². The highest BCUT2D eigenvalue weighted by molar-refractivity contribution is 7.07. The molecule has 0 atom stereocenters. The van der Waals surface area contributed by atoms with Gasteiger partial charge < -0.3 is 0 Å². The molecule has 48 valence electrons. The fraction of sp³-hybridized carbons (Fsp3) is 0.286. The molecule has 0 aromatic carbocycles. The third-order valence-corrected chi connectivity index (χ3v) is 1.96. The van der Waals surface area contributed by atoms with E-state index >= 15 is 0 Å². The first-order valence-electron chi connectivity index (χ1n) is 2.90. The topological polar surface area (TPSA) is 17.1 Å². The summed E-state index contributed by atoms with van der Waals surface area (Å²) in [5.74, 6) is 0. The molecule has 0 N–H and O–H groups in total. The van der Waals surface area contributed by atoms with Crippen molar-refractivity contribution in [2.45, 2.75) is 13.3 Å². The van der Waals surface area contributed by atoms with Crippen LogP contribution in [0.4, 0.5) is 0 Å². The van der Waals surface area contributed by atoms with Gasteiger partial charge in [0.05, 0.1) is 0 Å². The van der Waals surface area contributed by atoms with E-state index in [0.717, 1.165) is 6.42 Å². The van der Waals surface area contributed by atoms with Gasteiger partial charge in [0.2, 0.25) is 4.74 Å². The highest BCUT2D eigenvalue weighted by Crippen LogP contribution is 1.98. The van der Waals surface area contributed by atoms with Crippen molar-refractivity contribution in [1.82, 2.24) is 0 Å². The van der Waals surface area contributed by atoms with Crippen molar-refractivity contribution >= 4 is 11.3 Å². The summed E-state index contributed by atoms with van der Waals surface area (Å²) < 4.78 is 0.132. The van der Waals surface area contributed by atoms with Crippen LogP contribution in [0.15, 0.2) is 22.3 Å². The molecule has 0 unspecified atom stereocenters. The molecule has 1 aromatic rings. The minimum absolute atomic E-state index is 0.132. The second-order valence-corrected chi connectivity index (χ2v) is 2.69.